The van der Waals surface area contributed by atoms with Crippen LogP contribution in [0.25, 0.3) is 0 Å². The molecule has 5 N–H and O–H groups in total. The van der Waals surface area contributed by atoms with Gasteiger partial charge in [-0.3, -0.25) is 9.79 Å². The Balaban J connectivity index is 4.15. The fraction of sp³-hybridized carbons (Fsp3) is 0.800. The Morgan fingerprint density at radius 2 is 2.19 bits per heavy atom. The van der Waals surface area contributed by atoms with Crippen LogP contribution in [0.2, 0.25) is 0 Å². The molecule has 0 aromatic rings. The Bertz CT molecular complexity index is 263. The van der Waals surface area contributed by atoms with Gasteiger partial charge in [0.2, 0.25) is 0 Å². The van der Waals surface area contributed by atoms with E-state index in [1.165, 1.54) is 18.7 Å². The zero-order valence-corrected chi connectivity index (χ0v) is 10.9. The van der Waals surface area contributed by atoms with E-state index in [9.17, 15) is 4.79 Å². The average Bonchev–Trinajstić information content (AvgIpc) is 2.17. The van der Waals surface area contributed by atoms with Crippen molar-refractivity contribution in [2.75, 3.05) is 12.3 Å². The molecule has 0 aromatic carbocycles. The van der Waals surface area contributed by atoms with Gasteiger partial charge in [0.1, 0.15) is 5.54 Å². The fourth-order valence-electron chi connectivity index (χ4n) is 0.898. The first-order valence-corrected chi connectivity index (χ1v) is 6.25. The molecule has 0 bridgehead atoms. The summed E-state index contributed by atoms with van der Waals surface area (Å²) >= 11 is 1.53. The molecule has 94 valence electrons. The Labute approximate surface area is 101 Å². The highest BCUT2D eigenvalue weighted by molar-refractivity contribution is 8.00. The molecule has 0 aliphatic carbocycles. The second kappa shape index (κ2) is 6.75. The standard InChI is InChI=1S/C10H21N3O2S/c1-4-8(5-13-7(2)11)16-6-10(3,12)9(14)15/h8H,4-6,12H2,1-3H3,(H2,11,13)(H,14,15)/t8-,10+/m1/s1. The van der Waals surface area contributed by atoms with E-state index >= 15 is 0 Å². The predicted molar refractivity (Wildman–Crippen MR) is 68.9 cm³/mol. The van der Waals surface area contributed by atoms with E-state index in [0.717, 1.165) is 6.42 Å². The van der Waals surface area contributed by atoms with Crippen LogP contribution in [0.15, 0.2) is 4.99 Å². The van der Waals surface area contributed by atoms with Gasteiger partial charge in [0.25, 0.3) is 0 Å². The summed E-state index contributed by atoms with van der Waals surface area (Å²) in [5.41, 5.74) is 9.90. The van der Waals surface area contributed by atoms with Crippen LogP contribution in [-0.4, -0.2) is 40.0 Å². The summed E-state index contributed by atoms with van der Waals surface area (Å²) in [7, 11) is 0. The number of aliphatic imine (C=N–C) groups is 1. The van der Waals surface area contributed by atoms with Crippen molar-refractivity contribution in [3.05, 3.63) is 0 Å². The molecular weight excluding hydrogens is 226 g/mol. The summed E-state index contributed by atoms with van der Waals surface area (Å²) < 4.78 is 0. The number of nitrogens with zero attached hydrogens (tertiary/aromatic N) is 1. The van der Waals surface area contributed by atoms with E-state index < -0.39 is 11.5 Å². The molecular formula is C10H21N3O2S. The highest BCUT2D eigenvalue weighted by atomic mass is 32.2. The maximum atomic E-state index is 10.8. The molecule has 0 aliphatic rings. The molecule has 0 aromatic heterocycles. The second-order valence-electron chi connectivity index (χ2n) is 4.05. The summed E-state index contributed by atoms with van der Waals surface area (Å²) in [4.78, 5) is 14.9. The van der Waals surface area contributed by atoms with E-state index in [1.807, 2.05) is 6.92 Å². The van der Waals surface area contributed by atoms with Gasteiger partial charge in [-0.1, -0.05) is 6.92 Å². The maximum Gasteiger partial charge on any atom is 0.324 e. The molecule has 0 rings (SSSR count). The van der Waals surface area contributed by atoms with Crippen LogP contribution < -0.4 is 11.5 Å². The summed E-state index contributed by atoms with van der Waals surface area (Å²) in [6.07, 6.45) is 0.914. The zero-order valence-electron chi connectivity index (χ0n) is 10.1. The number of carbonyl (C=O) groups is 1. The highest BCUT2D eigenvalue weighted by Gasteiger charge is 2.28. The molecule has 0 saturated heterocycles. The molecule has 6 heteroatoms. The van der Waals surface area contributed by atoms with Crippen molar-refractivity contribution in [1.29, 1.82) is 0 Å². The molecule has 5 nitrogen and oxygen atoms in total. The Kier molecular flexibility index (Phi) is 6.43. The van der Waals surface area contributed by atoms with Gasteiger partial charge in [0.15, 0.2) is 0 Å². The van der Waals surface area contributed by atoms with Gasteiger partial charge in [0, 0.05) is 11.0 Å². The normalized spacial score (nSPS) is 17.9. The molecule has 0 radical (unpaired) electrons. The van der Waals surface area contributed by atoms with Gasteiger partial charge in [-0.05, 0) is 20.3 Å². The molecule has 16 heavy (non-hydrogen) atoms. The van der Waals surface area contributed by atoms with Crippen molar-refractivity contribution in [1.82, 2.24) is 0 Å². The number of amidine groups is 1. The number of carboxylic acids is 1. The summed E-state index contributed by atoms with van der Waals surface area (Å²) in [6.45, 7) is 5.90. The van der Waals surface area contributed by atoms with Crippen molar-refractivity contribution in [2.24, 2.45) is 16.5 Å². The number of rotatable bonds is 7. The van der Waals surface area contributed by atoms with Crippen molar-refractivity contribution in [3.8, 4) is 0 Å². The van der Waals surface area contributed by atoms with Gasteiger partial charge in [-0.15, -0.1) is 0 Å². The molecule has 0 fully saturated rings. The lowest BCUT2D eigenvalue weighted by Crippen LogP contribution is -2.47. The predicted octanol–water partition coefficient (Wildman–Crippen LogP) is 0.677. The maximum absolute atomic E-state index is 10.8. The molecule has 0 spiro atoms. The van der Waals surface area contributed by atoms with Crippen LogP contribution in [0.4, 0.5) is 0 Å². The minimum absolute atomic E-state index is 0.265. The number of nitrogens with two attached hydrogens (primary N) is 2. The monoisotopic (exact) mass is 247 g/mol. The SMILES string of the molecule is CC[C@H](CN=C(C)N)SC[C@](C)(N)C(=O)O. The van der Waals surface area contributed by atoms with Crippen molar-refractivity contribution in [2.45, 2.75) is 38.0 Å². The molecule has 0 amide bonds. The third-order valence-electron chi connectivity index (χ3n) is 2.11. The fourth-order valence-corrected chi connectivity index (χ4v) is 2.02. The quantitative estimate of drug-likeness (QED) is 0.453. The lowest BCUT2D eigenvalue weighted by Gasteiger charge is -2.21. The van der Waals surface area contributed by atoms with Crippen molar-refractivity contribution < 1.29 is 9.90 Å². The van der Waals surface area contributed by atoms with Gasteiger partial charge in [0.05, 0.1) is 12.4 Å². The van der Waals surface area contributed by atoms with Crippen LogP contribution in [0.5, 0.6) is 0 Å². The molecule has 2 atom stereocenters. The zero-order chi connectivity index (χ0) is 12.8. The number of carboxylic acid groups (broad SMARTS) is 1. The van der Waals surface area contributed by atoms with Crippen molar-refractivity contribution in [3.63, 3.8) is 0 Å². The average molecular weight is 247 g/mol. The largest absolute Gasteiger partial charge is 0.480 e. The van der Waals surface area contributed by atoms with Gasteiger partial charge < -0.3 is 16.6 Å². The third kappa shape index (κ3) is 5.97. The van der Waals surface area contributed by atoms with Crippen LogP contribution in [0, 0.1) is 0 Å². The highest BCUT2D eigenvalue weighted by Crippen LogP contribution is 2.19. The molecule has 0 unspecified atom stereocenters. The lowest BCUT2D eigenvalue weighted by molar-refractivity contribution is -0.141. The van der Waals surface area contributed by atoms with Crippen LogP contribution in [0.1, 0.15) is 27.2 Å². The number of hydrogen-bond acceptors (Lipinski definition) is 4. The smallest absolute Gasteiger partial charge is 0.324 e. The lowest BCUT2D eigenvalue weighted by atomic mass is 10.1. The molecule has 0 saturated carbocycles. The van der Waals surface area contributed by atoms with Gasteiger partial charge in [-0.25, -0.2) is 0 Å². The molecule has 0 aliphatic heterocycles. The minimum atomic E-state index is -1.18. The first kappa shape index (κ1) is 15.2. The second-order valence-corrected chi connectivity index (χ2v) is 5.33. The van der Waals surface area contributed by atoms with E-state index in [1.54, 1.807) is 6.92 Å². The first-order chi connectivity index (χ1) is 7.29. The Hall–Kier alpha value is -0.750. The topological polar surface area (TPSA) is 102 Å². The summed E-state index contributed by atoms with van der Waals surface area (Å²) in [6, 6.07) is 0. The van der Waals surface area contributed by atoms with Gasteiger partial charge in [-0.2, -0.15) is 11.8 Å². The van der Waals surface area contributed by atoms with Gasteiger partial charge >= 0.3 is 5.97 Å². The summed E-state index contributed by atoms with van der Waals surface area (Å²) in [5.74, 6) is -0.0545. The van der Waals surface area contributed by atoms with E-state index in [0.29, 0.717) is 18.1 Å². The third-order valence-corrected chi connectivity index (χ3v) is 3.83. The first-order valence-electron chi connectivity index (χ1n) is 5.20. The number of thioether (sulfide) groups is 1. The number of hydrogen-bond donors (Lipinski definition) is 3. The van der Waals surface area contributed by atoms with Crippen LogP contribution in [-0.2, 0) is 4.79 Å². The van der Waals surface area contributed by atoms with Crippen molar-refractivity contribution >= 4 is 23.6 Å². The Morgan fingerprint density at radius 3 is 2.56 bits per heavy atom. The van der Waals surface area contributed by atoms with Crippen LogP contribution in [0.3, 0.4) is 0 Å². The minimum Gasteiger partial charge on any atom is -0.480 e. The molecule has 0 heterocycles. The summed E-state index contributed by atoms with van der Waals surface area (Å²) in [5, 5.41) is 9.12. The van der Waals surface area contributed by atoms with E-state index in [4.69, 9.17) is 16.6 Å². The number of aliphatic carboxylic acids is 1. The van der Waals surface area contributed by atoms with E-state index in [2.05, 4.69) is 4.99 Å². The van der Waals surface area contributed by atoms with E-state index in [-0.39, 0.29) is 5.25 Å². The Morgan fingerprint density at radius 1 is 1.62 bits per heavy atom. The van der Waals surface area contributed by atoms with Crippen LogP contribution >= 0.6 is 11.8 Å².